The van der Waals surface area contributed by atoms with Crippen LogP contribution < -0.4 is 11.3 Å². The van der Waals surface area contributed by atoms with Gasteiger partial charge in [0.25, 0.3) is 0 Å². The molecule has 88 valence electrons. The molecule has 0 heterocycles. The van der Waals surface area contributed by atoms with Gasteiger partial charge in [0.2, 0.25) is 0 Å². The minimum atomic E-state index is -0.0827. The molecule has 0 bridgehead atoms. The first-order valence-corrected chi connectivity index (χ1v) is 6.64. The smallest absolute Gasteiger partial charge is 0.0724 e. The van der Waals surface area contributed by atoms with Crippen molar-refractivity contribution in [1.29, 1.82) is 0 Å². The molecule has 17 heavy (non-hydrogen) atoms. The van der Waals surface area contributed by atoms with Gasteiger partial charge in [0.1, 0.15) is 0 Å². The van der Waals surface area contributed by atoms with Crippen LogP contribution in [0.3, 0.4) is 0 Å². The molecule has 0 aliphatic rings. The summed E-state index contributed by atoms with van der Waals surface area (Å²) in [7, 11) is 0. The molecular weight excluding hydrogens is 347 g/mol. The standard InChI is InChI=1S/C13H12ClIN2/c14-12-4-2-1-3-11(12)13(17-16)9-5-7-10(15)8-6-9/h1-8,13,17H,16H2. The Morgan fingerprint density at radius 3 is 2.29 bits per heavy atom. The molecule has 0 amide bonds. The lowest BCUT2D eigenvalue weighted by Gasteiger charge is -2.18. The zero-order chi connectivity index (χ0) is 12.3. The number of nitrogens with two attached hydrogens (primary N) is 1. The Hall–Kier alpha value is -0.620. The van der Waals surface area contributed by atoms with Gasteiger partial charge >= 0.3 is 0 Å². The van der Waals surface area contributed by atoms with Crippen LogP contribution in [0.2, 0.25) is 5.02 Å². The van der Waals surface area contributed by atoms with Gasteiger partial charge in [-0.1, -0.05) is 41.9 Å². The van der Waals surface area contributed by atoms with E-state index in [-0.39, 0.29) is 6.04 Å². The Bertz CT molecular complexity index is 499. The average Bonchev–Trinajstić information content (AvgIpc) is 2.35. The summed E-state index contributed by atoms with van der Waals surface area (Å²) < 4.78 is 1.20. The summed E-state index contributed by atoms with van der Waals surface area (Å²) in [6, 6.07) is 15.8. The molecule has 0 aliphatic heterocycles. The molecular formula is C13H12ClIN2. The summed E-state index contributed by atoms with van der Waals surface area (Å²) >= 11 is 8.46. The lowest BCUT2D eigenvalue weighted by atomic mass is 9.99. The highest BCUT2D eigenvalue weighted by Crippen LogP contribution is 2.27. The van der Waals surface area contributed by atoms with Crippen LogP contribution in [-0.4, -0.2) is 0 Å². The van der Waals surface area contributed by atoms with Gasteiger partial charge in [-0.2, -0.15) is 0 Å². The van der Waals surface area contributed by atoms with Crippen molar-refractivity contribution >= 4 is 34.2 Å². The maximum Gasteiger partial charge on any atom is 0.0724 e. The van der Waals surface area contributed by atoms with Gasteiger partial charge in [0, 0.05) is 8.59 Å². The zero-order valence-electron chi connectivity index (χ0n) is 9.03. The van der Waals surface area contributed by atoms with Crippen LogP contribution in [0.5, 0.6) is 0 Å². The van der Waals surface area contributed by atoms with E-state index in [1.807, 2.05) is 24.3 Å². The van der Waals surface area contributed by atoms with Crippen LogP contribution in [0.1, 0.15) is 17.2 Å². The largest absolute Gasteiger partial charge is 0.271 e. The van der Waals surface area contributed by atoms with E-state index in [0.29, 0.717) is 5.02 Å². The number of hydrogen-bond acceptors (Lipinski definition) is 2. The maximum absolute atomic E-state index is 6.18. The number of hydrogen-bond donors (Lipinski definition) is 2. The van der Waals surface area contributed by atoms with Crippen LogP contribution in [-0.2, 0) is 0 Å². The third kappa shape index (κ3) is 2.98. The first kappa shape index (κ1) is 12.8. The van der Waals surface area contributed by atoms with Gasteiger partial charge < -0.3 is 0 Å². The highest BCUT2D eigenvalue weighted by Gasteiger charge is 2.14. The molecule has 0 aromatic heterocycles. The predicted molar refractivity (Wildman–Crippen MR) is 79.8 cm³/mol. The maximum atomic E-state index is 6.18. The van der Waals surface area contributed by atoms with Gasteiger partial charge in [-0.25, -0.2) is 5.43 Å². The SMILES string of the molecule is NNC(c1ccc(I)cc1)c1ccccc1Cl. The number of benzene rings is 2. The fourth-order valence-electron chi connectivity index (χ4n) is 1.73. The van der Waals surface area contributed by atoms with Crippen molar-refractivity contribution in [2.24, 2.45) is 5.84 Å². The van der Waals surface area contributed by atoms with Gasteiger partial charge in [-0.3, -0.25) is 5.84 Å². The van der Waals surface area contributed by atoms with Gasteiger partial charge in [0.05, 0.1) is 6.04 Å². The number of rotatable bonds is 3. The van der Waals surface area contributed by atoms with E-state index in [4.69, 9.17) is 17.4 Å². The number of nitrogens with one attached hydrogen (secondary N) is 1. The van der Waals surface area contributed by atoms with E-state index in [2.05, 4.69) is 52.3 Å². The van der Waals surface area contributed by atoms with Crippen molar-refractivity contribution in [3.8, 4) is 0 Å². The first-order chi connectivity index (χ1) is 8.22. The van der Waals surface area contributed by atoms with E-state index >= 15 is 0 Å². The molecule has 0 radical (unpaired) electrons. The van der Waals surface area contributed by atoms with Crippen molar-refractivity contribution in [3.63, 3.8) is 0 Å². The van der Waals surface area contributed by atoms with E-state index in [1.54, 1.807) is 0 Å². The van der Waals surface area contributed by atoms with Crippen LogP contribution in [0, 0.1) is 3.57 Å². The molecule has 0 saturated heterocycles. The van der Waals surface area contributed by atoms with Crippen molar-refractivity contribution < 1.29 is 0 Å². The molecule has 2 aromatic carbocycles. The highest BCUT2D eigenvalue weighted by molar-refractivity contribution is 14.1. The fraction of sp³-hybridized carbons (Fsp3) is 0.0769. The molecule has 0 saturated carbocycles. The van der Waals surface area contributed by atoms with Gasteiger partial charge in [0.15, 0.2) is 0 Å². The molecule has 1 atom stereocenters. The van der Waals surface area contributed by atoms with E-state index in [0.717, 1.165) is 11.1 Å². The Balaban J connectivity index is 2.40. The first-order valence-electron chi connectivity index (χ1n) is 5.18. The second-order valence-corrected chi connectivity index (χ2v) is 5.33. The topological polar surface area (TPSA) is 38.0 Å². The molecule has 4 heteroatoms. The average molecular weight is 359 g/mol. The normalized spacial score (nSPS) is 12.4. The van der Waals surface area contributed by atoms with Crippen molar-refractivity contribution in [2.75, 3.05) is 0 Å². The second kappa shape index (κ2) is 5.82. The molecule has 1 unspecified atom stereocenters. The van der Waals surface area contributed by atoms with E-state index in [9.17, 15) is 0 Å². The zero-order valence-corrected chi connectivity index (χ0v) is 11.9. The lowest BCUT2D eigenvalue weighted by molar-refractivity contribution is 0.637. The third-order valence-corrected chi connectivity index (χ3v) is 3.65. The van der Waals surface area contributed by atoms with Crippen molar-refractivity contribution in [2.45, 2.75) is 6.04 Å². The summed E-state index contributed by atoms with van der Waals surface area (Å²) in [5.41, 5.74) is 4.89. The molecule has 0 aliphatic carbocycles. The minimum absolute atomic E-state index is 0.0827. The van der Waals surface area contributed by atoms with Crippen molar-refractivity contribution in [3.05, 3.63) is 68.3 Å². The summed E-state index contributed by atoms with van der Waals surface area (Å²) in [5.74, 6) is 5.63. The Kier molecular flexibility index (Phi) is 4.39. The molecule has 2 rings (SSSR count). The van der Waals surface area contributed by atoms with E-state index in [1.165, 1.54) is 3.57 Å². The Morgan fingerprint density at radius 2 is 1.71 bits per heavy atom. The van der Waals surface area contributed by atoms with Crippen LogP contribution in [0.15, 0.2) is 48.5 Å². The third-order valence-electron chi connectivity index (χ3n) is 2.59. The molecule has 0 fully saturated rings. The number of hydrazine groups is 1. The van der Waals surface area contributed by atoms with Crippen LogP contribution in [0.25, 0.3) is 0 Å². The minimum Gasteiger partial charge on any atom is -0.271 e. The van der Waals surface area contributed by atoms with E-state index < -0.39 is 0 Å². The monoisotopic (exact) mass is 358 g/mol. The van der Waals surface area contributed by atoms with Crippen LogP contribution >= 0.6 is 34.2 Å². The Labute approximate surface area is 119 Å². The Morgan fingerprint density at radius 1 is 1.06 bits per heavy atom. The summed E-state index contributed by atoms with van der Waals surface area (Å²) in [6.07, 6.45) is 0. The summed E-state index contributed by atoms with van der Waals surface area (Å²) in [5, 5.41) is 0.717. The van der Waals surface area contributed by atoms with Crippen molar-refractivity contribution in [1.82, 2.24) is 5.43 Å². The molecule has 0 spiro atoms. The summed E-state index contributed by atoms with van der Waals surface area (Å²) in [6.45, 7) is 0. The second-order valence-electron chi connectivity index (χ2n) is 3.67. The summed E-state index contributed by atoms with van der Waals surface area (Å²) in [4.78, 5) is 0. The molecule has 3 N–H and O–H groups in total. The molecule has 2 aromatic rings. The van der Waals surface area contributed by atoms with Gasteiger partial charge in [-0.15, -0.1) is 0 Å². The fourth-order valence-corrected chi connectivity index (χ4v) is 2.33. The molecule has 2 nitrogen and oxygen atoms in total. The lowest BCUT2D eigenvalue weighted by Crippen LogP contribution is -2.29. The predicted octanol–water partition coefficient (Wildman–Crippen LogP) is 3.50. The highest BCUT2D eigenvalue weighted by atomic mass is 127. The van der Waals surface area contributed by atoms with Gasteiger partial charge in [-0.05, 0) is 51.9 Å². The quantitative estimate of drug-likeness (QED) is 0.501. The number of halogens is 2. The van der Waals surface area contributed by atoms with Crippen LogP contribution in [0.4, 0.5) is 0 Å².